The summed E-state index contributed by atoms with van der Waals surface area (Å²) in [5, 5.41) is 11.1. The van der Waals surface area contributed by atoms with Gasteiger partial charge in [-0.05, 0) is 72.0 Å². The van der Waals surface area contributed by atoms with Gasteiger partial charge in [0, 0.05) is 61.5 Å². The maximum absolute atomic E-state index is 15.3. The van der Waals surface area contributed by atoms with Crippen LogP contribution in [-0.2, 0) is 23.2 Å². The van der Waals surface area contributed by atoms with E-state index in [1.54, 1.807) is 42.5 Å². The number of aromatic nitrogens is 3. The number of halogens is 1. The van der Waals surface area contributed by atoms with Crippen molar-refractivity contribution in [3.63, 3.8) is 0 Å². The summed E-state index contributed by atoms with van der Waals surface area (Å²) in [4.78, 5) is 51.3. The molecule has 0 spiro atoms. The van der Waals surface area contributed by atoms with Gasteiger partial charge in [0.15, 0.2) is 0 Å². The molecule has 49 heavy (non-hydrogen) atoms. The predicted octanol–water partition coefficient (Wildman–Crippen LogP) is 4.96. The molecule has 1 aromatic carbocycles. The number of allylic oxidation sites excluding steroid dienone is 2. The molecule has 1 N–H and O–H groups in total. The summed E-state index contributed by atoms with van der Waals surface area (Å²) in [5.41, 5.74) is 2.29. The number of pyridine rings is 3. The van der Waals surface area contributed by atoms with Crippen molar-refractivity contribution in [3.05, 3.63) is 111 Å². The van der Waals surface area contributed by atoms with Gasteiger partial charge in [-0.2, -0.15) is 0 Å². The first-order chi connectivity index (χ1) is 23.8. The first-order valence-corrected chi connectivity index (χ1v) is 16.7. The summed E-state index contributed by atoms with van der Waals surface area (Å²) in [7, 11) is 1.62. The molecule has 252 valence electrons. The van der Waals surface area contributed by atoms with E-state index in [2.05, 4.69) is 4.98 Å². The minimum atomic E-state index is -0.577. The summed E-state index contributed by atoms with van der Waals surface area (Å²) < 4.78 is 23.4. The van der Waals surface area contributed by atoms with E-state index < -0.39 is 23.9 Å². The molecular formula is C38H38FN5O5. The van der Waals surface area contributed by atoms with Gasteiger partial charge in [0.1, 0.15) is 17.3 Å². The second-order valence-electron chi connectivity index (χ2n) is 12.8. The van der Waals surface area contributed by atoms with Crippen LogP contribution >= 0.6 is 0 Å². The van der Waals surface area contributed by atoms with Gasteiger partial charge in [-0.25, -0.2) is 14.4 Å². The number of benzene rings is 1. The molecule has 1 saturated heterocycles. The molecule has 10 nitrogen and oxygen atoms in total. The van der Waals surface area contributed by atoms with Crippen molar-refractivity contribution in [2.45, 2.75) is 38.7 Å². The Morgan fingerprint density at radius 1 is 1.08 bits per heavy atom. The first kappa shape index (κ1) is 32.5. The highest BCUT2D eigenvalue weighted by atomic mass is 19.1. The molecule has 0 bridgehead atoms. The van der Waals surface area contributed by atoms with Crippen LogP contribution in [0, 0.1) is 17.7 Å². The Bertz CT molecular complexity index is 2160. The molecule has 1 amide bonds. The summed E-state index contributed by atoms with van der Waals surface area (Å²) in [6, 6.07) is 8.36. The predicted molar refractivity (Wildman–Crippen MR) is 186 cm³/mol. The fourth-order valence-electron chi connectivity index (χ4n) is 6.71. The topological polar surface area (TPSA) is 119 Å². The van der Waals surface area contributed by atoms with Gasteiger partial charge in [-0.1, -0.05) is 31.2 Å². The number of carbonyl (C=O) groups excluding carboxylic acids is 1. The first-order valence-electron chi connectivity index (χ1n) is 16.7. The zero-order chi connectivity index (χ0) is 34.2. The molecule has 2 atom stereocenters. The van der Waals surface area contributed by atoms with E-state index >= 15 is 4.39 Å². The van der Waals surface area contributed by atoms with Crippen LogP contribution in [0.5, 0.6) is 0 Å². The van der Waals surface area contributed by atoms with Crippen LogP contribution in [0.4, 0.5) is 10.1 Å². The number of ether oxygens (including phenoxy) is 1. The molecule has 2 unspecified atom stereocenters. The SMILES string of the molecule is CCC1C=CC(C(=O)N2CCOCC2)C=CC1=Nc1cc(-c2ccnc(-n3ccc4cc(C5CC5)cc(F)c4c3=O)c2CO)cn(C)c1=O. The number of hydrogen-bond donors (Lipinski definition) is 1. The lowest BCUT2D eigenvalue weighted by Crippen LogP contribution is -2.43. The van der Waals surface area contributed by atoms with Crippen molar-refractivity contribution in [2.24, 2.45) is 23.9 Å². The number of rotatable bonds is 7. The number of fused-ring (bicyclic) bond motifs is 1. The molecule has 0 radical (unpaired) electrons. The van der Waals surface area contributed by atoms with Gasteiger partial charge in [-0.15, -0.1) is 0 Å². The van der Waals surface area contributed by atoms with Crippen LogP contribution in [0.25, 0.3) is 27.7 Å². The van der Waals surface area contributed by atoms with E-state index in [0.717, 1.165) is 18.4 Å². The third-order valence-electron chi connectivity index (χ3n) is 9.62. The number of carbonyl (C=O) groups is 1. The van der Waals surface area contributed by atoms with E-state index in [1.165, 1.54) is 21.4 Å². The maximum Gasteiger partial charge on any atom is 0.276 e. The molecule has 4 heterocycles. The highest BCUT2D eigenvalue weighted by molar-refractivity contribution is 6.01. The molecule has 4 aromatic rings. The Labute approximate surface area is 282 Å². The van der Waals surface area contributed by atoms with Crippen LogP contribution in [-0.4, -0.2) is 62.0 Å². The average Bonchev–Trinajstić information content (AvgIpc) is 3.98. The molecule has 2 aliphatic carbocycles. The third-order valence-corrected chi connectivity index (χ3v) is 9.62. The Balaban J connectivity index is 1.27. The summed E-state index contributed by atoms with van der Waals surface area (Å²) >= 11 is 0. The number of aliphatic hydroxyl groups excluding tert-OH is 1. The molecule has 1 saturated carbocycles. The highest BCUT2D eigenvalue weighted by Gasteiger charge is 2.27. The van der Waals surface area contributed by atoms with Crippen molar-refractivity contribution in [1.29, 1.82) is 0 Å². The van der Waals surface area contributed by atoms with E-state index in [-0.39, 0.29) is 34.3 Å². The quantitative estimate of drug-likeness (QED) is 0.280. The van der Waals surface area contributed by atoms with Gasteiger partial charge in [0.25, 0.3) is 11.1 Å². The minimum Gasteiger partial charge on any atom is -0.392 e. The van der Waals surface area contributed by atoms with E-state index in [4.69, 9.17) is 9.73 Å². The van der Waals surface area contributed by atoms with Crippen LogP contribution < -0.4 is 11.1 Å². The van der Waals surface area contributed by atoms with Gasteiger partial charge in [0.05, 0.1) is 31.1 Å². The van der Waals surface area contributed by atoms with Gasteiger partial charge >= 0.3 is 0 Å². The minimum absolute atomic E-state index is 0.00565. The van der Waals surface area contributed by atoms with E-state index in [9.17, 15) is 19.5 Å². The highest BCUT2D eigenvalue weighted by Crippen LogP contribution is 2.41. The molecular weight excluding hydrogens is 625 g/mol. The van der Waals surface area contributed by atoms with Gasteiger partial charge in [0.2, 0.25) is 5.91 Å². The van der Waals surface area contributed by atoms with Crippen LogP contribution in [0.1, 0.15) is 43.2 Å². The van der Waals surface area contributed by atoms with E-state index in [0.29, 0.717) is 66.4 Å². The number of hydrogen-bond acceptors (Lipinski definition) is 7. The molecule has 7 rings (SSSR count). The number of aliphatic hydroxyl groups is 1. The Kier molecular flexibility index (Phi) is 8.96. The third kappa shape index (κ3) is 6.31. The molecule has 1 aliphatic heterocycles. The Morgan fingerprint density at radius 2 is 1.88 bits per heavy atom. The lowest BCUT2D eigenvalue weighted by atomic mass is 9.99. The monoisotopic (exact) mass is 663 g/mol. The van der Waals surface area contributed by atoms with Crippen molar-refractivity contribution in [2.75, 3.05) is 26.3 Å². The Morgan fingerprint density at radius 3 is 2.61 bits per heavy atom. The van der Waals surface area contributed by atoms with Crippen molar-refractivity contribution in [3.8, 4) is 16.9 Å². The fourth-order valence-corrected chi connectivity index (χ4v) is 6.71. The summed E-state index contributed by atoms with van der Waals surface area (Å²) in [6.07, 6.45) is 15.0. The zero-order valence-corrected chi connectivity index (χ0v) is 27.5. The molecule has 3 aliphatic rings. The number of aryl methyl sites for hydroxylation is 1. The number of aliphatic imine (C=N–C) groups is 1. The molecule has 2 fully saturated rings. The lowest BCUT2D eigenvalue weighted by molar-refractivity contribution is -0.136. The number of nitrogens with zero attached hydrogens (tertiary/aromatic N) is 5. The van der Waals surface area contributed by atoms with E-state index in [1.807, 2.05) is 37.3 Å². The summed E-state index contributed by atoms with van der Waals surface area (Å²) in [6.45, 7) is 3.70. The number of morpholine rings is 1. The van der Waals surface area contributed by atoms with Crippen LogP contribution in [0.15, 0.2) is 87.8 Å². The van der Waals surface area contributed by atoms with Crippen LogP contribution in [0.3, 0.4) is 0 Å². The van der Waals surface area contributed by atoms with Crippen molar-refractivity contribution >= 4 is 28.1 Å². The second-order valence-corrected chi connectivity index (χ2v) is 12.8. The zero-order valence-electron chi connectivity index (χ0n) is 27.5. The fraction of sp³-hybridized carbons (Fsp3) is 0.342. The lowest BCUT2D eigenvalue weighted by Gasteiger charge is -2.28. The average molecular weight is 664 g/mol. The van der Waals surface area contributed by atoms with Crippen molar-refractivity contribution in [1.82, 2.24) is 19.0 Å². The smallest absolute Gasteiger partial charge is 0.276 e. The van der Waals surface area contributed by atoms with Crippen LogP contribution in [0.2, 0.25) is 0 Å². The number of amides is 1. The largest absolute Gasteiger partial charge is 0.392 e. The second kappa shape index (κ2) is 13.5. The standard InChI is InChI=1S/C38H38FN5O5/c1-3-23-4-7-25(36(46)43-14-16-49-17-15-43)8-9-32(23)41-33-20-28(21-42(2)37(33)47)29-10-12-40-35(30(29)22-45)44-13-11-26-18-27(24-5-6-24)19-31(39)34(26)38(44)48/h4,7-13,18-21,23-25,45H,3,5-6,14-17,22H2,1-2H3. The van der Waals surface area contributed by atoms with Gasteiger partial charge < -0.3 is 19.3 Å². The van der Waals surface area contributed by atoms with Gasteiger partial charge in [-0.3, -0.25) is 19.0 Å². The molecule has 11 heteroatoms. The van der Waals surface area contributed by atoms with Crippen molar-refractivity contribution < 1.29 is 19.0 Å². The molecule has 3 aromatic heterocycles. The maximum atomic E-state index is 15.3. The normalized spacial score (nSPS) is 20.2. The Hall–Kier alpha value is -5.00. The summed E-state index contributed by atoms with van der Waals surface area (Å²) in [5.74, 6) is -0.630.